The third-order valence-corrected chi connectivity index (χ3v) is 2.74. The van der Waals surface area contributed by atoms with E-state index in [0.717, 1.165) is 5.56 Å². The standard InChI is InChI=1S/C12H18N2O/c1-8-3-4-10(5-9(8)2)6-11(7-13)12(14)15/h3-5,11H,6-7,13H2,1-2H3,(H2,14,15). The van der Waals surface area contributed by atoms with Crippen LogP contribution >= 0.6 is 0 Å². The highest BCUT2D eigenvalue weighted by molar-refractivity contribution is 5.77. The average Bonchev–Trinajstić information content (AvgIpc) is 2.19. The third-order valence-electron chi connectivity index (χ3n) is 2.74. The first-order valence-corrected chi connectivity index (χ1v) is 5.10. The zero-order chi connectivity index (χ0) is 11.4. The summed E-state index contributed by atoms with van der Waals surface area (Å²) in [5.74, 6) is -0.581. The van der Waals surface area contributed by atoms with E-state index in [1.54, 1.807) is 0 Å². The van der Waals surface area contributed by atoms with Gasteiger partial charge in [-0.05, 0) is 37.0 Å². The van der Waals surface area contributed by atoms with Gasteiger partial charge in [0, 0.05) is 6.54 Å². The van der Waals surface area contributed by atoms with Crippen LogP contribution in [0.5, 0.6) is 0 Å². The highest BCUT2D eigenvalue weighted by Gasteiger charge is 2.13. The Morgan fingerprint density at radius 3 is 2.47 bits per heavy atom. The molecular weight excluding hydrogens is 188 g/mol. The van der Waals surface area contributed by atoms with E-state index in [4.69, 9.17) is 11.5 Å². The van der Waals surface area contributed by atoms with Crippen LogP contribution in [0.15, 0.2) is 18.2 Å². The van der Waals surface area contributed by atoms with Crippen LogP contribution in [0.4, 0.5) is 0 Å². The van der Waals surface area contributed by atoms with Crippen molar-refractivity contribution in [1.29, 1.82) is 0 Å². The fraction of sp³-hybridized carbons (Fsp3) is 0.417. The number of primary amides is 1. The maximum Gasteiger partial charge on any atom is 0.222 e. The van der Waals surface area contributed by atoms with E-state index in [9.17, 15) is 4.79 Å². The summed E-state index contributed by atoms with van der Waals surface area (Å²) in [6.45, 7) is 4.43. The van der Waals surface area contributed by atoms with Crippen molar-refractivity contribution >= 4 is 5.91 Å². The van der Waals surface area contributed by atoms with Gasteiger partial charge in [0.1, 0.15) is 0 Å². The van der Waals surface area contributed by atoms with Crippen molar-refractivity contribution < 1.29 is 4.79 Å². The minimum atomic E-state index is -0.323. The molecule has 0 bridgehead atoms. The molecule has 1 rings (SSSR count). The van der Waals surface area contributed by atoms with Crippen molar-refractivity contribution in [3.8, 4) is 0 Å². The molecule has 1 aromatic rings. The highest BCUT2D eigenvalue weighted by Crippen LogP contribution is 2.13. The number of amides is 1. The Bertz CT molecular complexity index is 361. The molecule has 0 aliphatic heterocycles. The number of carbonyl (C=O) groups excluding carboxylic acids is 1. The lowest BCUT2D eigenvalue weighted by Gasteiger charge is -2.11. The van der Waals surface area contributed by atoms with Crippen LogP contribution in [0.1, 0.15) is 16.7 Å². The van der Waals surface area contributed by atoms with Gasteiger partial charge in [0.15, 0.2) is 0 Å². The van der Waals surface area contributed by atoms with Crippen molar-refractivity contribution in [3.63, 3.8) is 0 Å². The molecule has 1 amide bonds. The Labute approximate surface area is 90.5 Å². The van der Waals surface area contributed by atoms with E-state index in [1.165, 1.54) is 11.1 Å². The second-order valence-electron chi connectivity index (χ2n) is 3.96. The van der Waals surface area contributed by atoms with Gasteiger partial charge < -0.3 is 11.5 Å². The summed E-state index contributed by atoms with van der Waals surface area (Å²) >= 11 is 0. The minimum Gasteiger partial charge on any atom is -0.369 e. The number of nitrogens with two attached hydrogens (primary N) is 2. The molecule has 0 aliphatic carbocycles. The normalized spacial score (nSPS) is 12.5. The van der Waals surface area contributed by atoms with E-state index < -0.39 is 0 Å². The number of hydrogen-bond acceptors (Lipinski definition) is 2. The molecule has 1 atom stereocenters. The van der Waals surface area contributed by atoms with Crippen LogP contribution in [0, 0.1) is 19.8 Å². The number of hydrogen-bond donors (Lipinski definition) is 2. The molecule has 4 N–H and O–H groups in total. The molecule has 0 heterocycles. The lowest BCUT2D eigenvalue weighted by Crippen LogP contribution is -2.31. The van der Waals surface area contributed by atoms with Crippen LogP contribution in [0.25, 0.3) is 0 Å². The molecule has 1 unspecified atom stereocenters. The van der Waals surface area contributed by atoms with E-state index in [-0.39, 0.29) is 11.8 Å². The number of benzene rings is 1. The monoisotopic (exact) mass is 206 g/mol. The first-order chi connectivity index (χ1) is 7.04. The summed E-state index contributed by atoms with van der Waals surface area (Å²) in [4.78, 5) is 11.0. The smallest absolute Gasteiger partial charge is 0.222 e. The van der Waals surface area contributed by atoms with Gasteiger partial charge in [-0.3, -0.25) is 4.79 Å². The van der Waals surface area contributed by atoms with E-state index in [0.29, 0.717) is 13.0 Å². The largest absolute Gasteiger partial charge is 0.369 e. The molecule has 0 spiro atoms. The number of rotatable bonds is 4. The molecule has 0 aromatic heterocycles. The molecular formula is C12H18N2O. The molecule has 0 fully saturated rings. The summed E-state index contributed by atoms with van der Waals surface area (Å²) in [5, 5.41) is 0. The molecule has 82 valence electrons. The van der Waals surface area contributed by atoms with Crippen molar-refractivity contribution in [1.82, 2.24) is 0 Å². The van der Waals surface area contributed by atoms with Gasteiger partial charge in [-0.15, -0.1) is 0 Å². The van der Waals surface area contributed by atoms with Gasteiger partial charge in [-0.25, -0.2) is 0 Å². The Morgan fingerprint density at radius 2 is 2.00 bits per heavy atom. The topological polar surface area (TPSA) is 69.1 Å². The van der Waals surface area contributed by atoms with Gasteiger partial charge >= 0.3 is 0 Å². The second-order valence-corrected chi connectivity index (χ2v) is 3.96. The van der Waals surface area contributed by atoms with Gasteiger partial charge in [0.25, 0.3) is 0 Å². The van der Waals surface area contributed by atoms with E-state index >= 15 is 0 Å². The van der Waals surface area contributed by atoms with Crippen LogP contribution in [0.2, 0.25) is 0 Å². The van der Waals surface area contributed by atoms with Crippen molar-refractivity contribution in [2.24, 2.45) is 17.4 Å². The number of carbonyl (C=O) groups is 1. The first kappa shape index (κ1) is 11.7. The van der Waals surface area contributed by atoms with Gasteiger partial charge in [0.2, 0.25) is 5.91 Å². The predicted octanol–water partition coefficient (Wildman–Crippen LogP) is 0.906. The summed E-state index contributed by atoms with van der Waals surface area (Å²) < 4.78 is 0. The SMILES string of the molecule is Cc1ccc(CC(CN)C(N)=O)cc1C. The first-order valence-electron chi connectivity index (χ1n) is 5.10. The Hall–Kier alpha value is -1.35. The van der Waals surface area contributed by atoms with Gasteiger partial charge in [-0.1, -0.05) is 18.2 Å². The molecule has 0 saturated carbocycles. The van der Waals surface area contributed by atoms with Crippen molar-refractivity contribution in [2.45, 2.75) is 20.3 Å². The molecule has 15 heavy (non-hydrogen) atoms. The quantitative estimate of drug-likeness (QED) is 0.768. The highest BCUT2D eigenvalue weighted by atomic mass is 16.1. The third kappa shape index (κ3) is 3.06. The maximum absolute atomic E-state index is 11.0. The van der Waals surface area contributed by atoms with E-state index in [1.807, 2.05) is 6.07 Å². The second kappa shape index (κ2) is 4.94. The van der Waals surface area contributed by atoms with Crippen molar-refractivity contribution in [3.05, 3.63) is 34.9 Å². The Balaban J connectivity index is 2.80. The lowest BCUT2D eigenvalue weighted by atomic mass is 9.96. The maximum atomic E-state index is 11.0. The van der Waals surface area contributed by atoms with Gasteiger partial charge in [0.05, 0.1) is 5.92 Å². The Morgan fingerprint density at radius 1 is 1.33 bits per heavy atom. The molecule has 0 radical (unpaired) electrons. The summed E-state index contributed by atoms with van der Waals surface area (Å²) in [6, 6.07) is 6.16. The number of aryl methyl sites for hydroxylation is 2. The molecule has 0 saturated heterocycles. The average molecular weight is 206 g/mol. The molecule has 1 aromatic carbocycles. The zero-order valence-electron chi connectivity index (χ0n) is 9.29. The lowest BCUT2D eigenvalue weighted by molar-refractivity contribution is -0.121. The van der Waals surface area contributed by atoms with Crippen LogP contribution in [-0.4, -0.2) is 12.5 Å². The fourth-order valence-corrected chi connectivity index (χ4v) is 1.52. The van der Waals surface area contributed by atoms with Crippen LogP contribution < -0.4 is 11.5 Å². The van der Waals surface area contributed by atoms with Gasteiger partial charge in [-0.2, -0.15) is 0 Å². The minimum absolute atomic E-state index is 0.257. The zero-order valence-corrected chi connectivity index (χ0v) is 9.29. The fourth-order valence-electron chi connectivity index (χ4n) is 1.52. The van der Waals surface area contributed by atoms with Crippen molar-refractivity contribution in [2.75, 3.05) is 6.54 Å². The predicted molar refractivity (Wildman–Crippen MR) is 61.4 cm³/mol. The van der Waals surface area contributed by atoms with E-state index in [2.05, 4.69) is 26.0 Å². The molecule has 0 aliphatic rings. The van der Waals surface area contributed by atoms with Crippen LogP contribution in [-0.2, 0) is 11.2 Å². The summed E-state index contributed by atoms with van der Waals surface area (Å²) in [5.41, 5.74) is 14.3. The van der Waals surface area contributed by atoms with Crippen LogP contribution in [0.3, 0.4) is 0 Å². The summed E-state index contributed by atoms with van der Waals surface area (Å²) in [6.07, 6.45) is 0.632. The Kier molecular flexibility index (Phi) is 3.86. The molecule has 3 nitrogen and oxygen atoms in total. The molecule has 3 heteroatoms. The summed E-state index contributed by atoms with van der Waals surface area (Å²) in [7, 11) is 0.